The van der Waals surface area contributed by atoms with Crippen molar-refractivity contribution in [3.63, 3.8) is 0 Å². The molecule has 1 rings (SSSR count). The van der Waals surface area contributed by atoms with Gasteiger partial charge < -0.3 is 28.4 Å². The maximum absolute atomic E-state index is 11.2. The third kappa shape index (κ3) is 16.4. The molecule has 0 aromatic carbocycles. The zero-order valence-electron chi connectivity index (χ0n) is 16.7. The third-order valence-corrected chi connectivity index (χ3v) is 4.89. The van der Waals surface area contributed by atoms with Crippen LogP contribution >= 0.6 is 11.8 Å². The number of ketones is 1. The van der Waals surface area contributed by atoms with Gasteiger partial charge in [-0.2, -0.15) is 11.8 Å². The number of hydrogen-bond donors (Lipinski definition) is 0. The van der Waals surface area contributed by atoms with Crippen molar-refractivity contribution in [3.05, 3.63) is 0 Å². The molecule has 0 aromatic rings. The van der Waals surface area contributed by atoms with Gasteiger partial charge in [0.1, 0.15) is 11.9 Å². The van der Waals surface area contributed by atoms with Crippen molar-refractivity contribution in [1.29, 1.82) is 0 Å². The van der Waals surface area contributed by atoms with E-state index in [9.17, 15) is 4.79 Å². The summed E-state index contributed by atoms with van der Waals surface area (Å²) in [5.41, 5.74) is 0. The zero-order valence-corrected chi connectivity index (χ0v) is 17.5. The summed E-state index contributed by atoms with van der Waals surface area (Å²) in [4.78, 5) is 11.2. The van der Waals surface area contributed by atoms with Crippen LogP contribution in [0, 0.1) is 0 Å². The van der Waals surface area contributed by atoms with Crippen molar-refractivity contribution in [2.24, 2.45) is 0 Å². The van der Waals surface area contributed by atoms with Crippen molar-refractivity contribution in [2.45, 2.75) is 32.3 Å². The smallest absolute Gasteiger partial charge is 0.142 e. The van der Waals surface area contributed by atoms with E-state index >= 15 is 0 Å². The lowest BCUT2D eigenvalue weighted by molar-refractivity contribution is -0.116. The topological polar surface area (TPSA) is 72.5 Å². The SMILES string of the molecule is CCC(=O)CSCCCCOCC1COCCOCCOCCOCCO1. The molecule has 8 heteroatoms. The molecular weight excluding hydrogens is 372 g/mol. The Kier molecular flexibility index (Phi) is 17.6. The molecule has 0 aliphatic carbocycles. The van der Waals surface area contributed by atoms with Gasteiger partial charge in [0, 0.05) is 13.0 Å². The van der Waals surface area contributed by atoms with Gasteiger partial charge in [0.05, 0.1) is 71.8 Å². The van der Waals surface area contributed by atoms with E-state index in [-0.39, 0.29) is 6.10 Å². The fourth-order valence-electron chi connectivity index (χ4n) is 2.20. The molecule has 1 fully saturated rings. The number of thioether (sulfide) groups is 1. The highest BCUT2D eigenvalue weighted by molar-refractivity contribution is 7.99. The van der Waals surface area contributed by atoms with Gasteiger partial charge in [-0.1, -0.05) is 6.92 Å². The van der Waals surface area contributed by atoms with Crippen LogP contribution in [-0.2, 0) is 33.2 Å². The Bertz CT molecular complexity index is 328. The summed E-state index contributed by atoms with van der Waals surface area (Å²) in [6, 6.07) is 0. The maximum Gasteiger partial charge on any atom is 0.142 e. The summed E-state index contributed by atoms with van der Waals surface area (Å²) >= 11 is 1.71. The Labute approximate surface area is 167 Å². The van der Waals surface area contributed by atoms with Crippen molar-refractivity contribution in [3.8, 4) is 0 Å². The lowest BCUT2D eigenvalue weighted by atomic mass is 10.3. The molecule has 1 aliphatic rings. The summed E-state index contributed by atoms with van der Waals surface area (Å²) < 4.78 is 33.4. The highest BCUT2D eigenvalue weighted by atomic mass is 32.2. The molecule has 1 aliphatic heterocycles. The second-order valence-electron chi connectivity index (χ2n) is 6.13. The van der Waals surface area contributed by atoms with Gasteiger partial charge in [-0.05, 0) is 18.6 Å². The van der Waals surface area contributed by atoms with Crippen LogP contribution in [0.5, 0.6) is 0 Å². The molecule has 0 spiro atoms. The first-order valence-electron chi connectivity index (χ1n) is 9.92. The summed E-state index contributed by atoms with van der Waals surface area (Å²) in [5, 5.41) is 0. The molecule has 0 aromatic heterocycles. The van der Waals surface area contributed by atoms with Crippen LogP contribution in [0.1, 0.15) is 26.2 Å². The van der Waals surface area contributed by atoms with Crippen LogP contribution in [-0.4, -0.2) is 96.1 Å². The third-order valence-electron chi connectivity index (χ3n) is 3.79. The van der Waals surface area contributed by atoms with Gasteiger partial charge in [0.2, 0.25) is 0 Å². The Hall–Kier alpha value is -0.220. The first-order chi connectivity index (χ1) is 13.3. The maximum atomic E-state index is 11.2. The molecular formula is C19H36O7S. The lowest BCUT2D eigenvalue weighted by Crippen LogP contribution is -2.28. The van der Waals surface area contributed by atoms with Crippen LogP contribution in [0.4, 0.5) is 0 Å². The molecule has 0 amide bonds. The highest BCUT2D eigenvalue weighted by Gasteiger charge is 2.10. The average molecular weight is 409 g/mol. The Balaban J connectivity index is 2.08. The van der Waals surface area contributed by atoms with Crippen LogP contribution in [0.3, 0.4) is 0 Å². The molecule has 1 heterocycles. The molecule has 0 saturated carbocycles. The van der Waals surface area contributed by atoms with Crippen molar-refractivity contribution >= 4 is 17.5 Å². The van der Waals surface area contributed by atoms with Crippen molar-refractivity contribution < 1.29 is 33.2 Å². The molecule has 160 valence electrons. The number of carbonyl (C=O) groups excluding carboxylic acids is 1. The van der Waals surface area contributed by atoms with E-state index in [0.29, 0.717) is 90.6 Å². The first kappa shape index (κ1) is 24.8. The molecule has 1 unspecified atom stereocenters. The number of Topliss-reactive ketones (excluding diaryl/α,β-unsaturated/α-hetero) is 1. The van der Waals surface area contributed by atoms with E-state index in [1.54, 1.807) is 11.8 Å². The summed E-state index contributed by atoms with van der Waals surface area (Å²) in [6.45, 7) is 7.97. The Morgan fingerprint density at radius 1 is 0.926 bits per heavy atom. The number of unbranched alkanes of at least 4 members (excludes halogenated alkanes) is 1. The minimum absolute atomic E-state index is 0.105. The van der Waals surface area contributed by atoms with Crippen LogP contribution in [0.25, 0.3) is 0 Å². The highest BCUT2D eigenvalue weighted by Crippen LogP contribution is 2.06. The second kappa shape index (κ2) is 19.1. The average Bonchev–Trinajstić information content (AvgIpc) is 2.69. The van der Waals surface area contributed by atoms with Crippen molar-refractivity contribution in [2.75, 3.05) is 84.2 Å². The largest absolute Gasteiger partial charge is 0.379 e. The molecule has 1 atom stereocenters. The molecule has 27 heavy (non-hydrogen) atoms. The van der Waals surface area contributed by atoms with Gasteiger partial charge in [0.15, 0.2) is 0 Å². The molecule has 0 radical (unpaired) electrons. The predicted molar refractivity (Wildman–Crippen MR) is 106 cm³/mol. The summed E-state index contributed by atoms with van der Waals surface area (Å²) in [6.07, 6.45) is 2.56. The number of hydrogen-bond acceptors (Lipinski definition) is 8. The fourth-order valence-corrected chi connectivity index (χ4v) is 3.19. The number of carbonyl (C=O) groups is 1. The van der Waals surface area contributed by atoms with E-state index in [1.165, 1.54) is 0 Å². The second-order valence-corrected chi connectivity index (χ2v) is 7.24. The van der Waals surface area contributed by atoms with E-state index < -0.39 is 0 Å². The molecule has 1 saturated heterocycles. The number of rotatable bonds is 10. The van der Waals surface area contributed by atoms with Gasteiger partial charge >= 0.3 is 0 Å². The monoisotopic (exact) mass is 408 g/mol. The van der Waals surface area contributed by atoms with E-state index in [2.05, 4.69) is 0 Å². The minimum atomic E-state index is -0.105. The predicted octanol–water partition coefficient (Wildman–Crippen LogP) is 1.96. The summed E-state index contributed by atoms with van der Waals surface area (Å²) in [5.74, 6) is 1.95. The van der Waals surface area contributed by atoms with Gasteiger partial charge in [-0.25, -0.2) is 0 Å². The van der Waals surface area contributed by atoms with Gasteiger partial charge in [-0.15, -0.1) is 0 Å². The lowest BCUT2D eigenvalue weighted by Gasteiger charge is -2.18. The Morgan fingerprint density at radius 3 is 2.22 bits per heavy atom. The fraction of sp³-hybridized carbons (Fsp3) is 0.947. The van der Waals surface area contributed by atoms with E-state index in [4.69, 9.17) is 28.4 Å². The molecule has 0 bridgehead atoms. The van der Waals surface area contributed by atoms with E-state index in [1.807, 2.05) is 6.92 Å². The normalized spacial score (nSPS) is 21.3. The number of ether oxygens (including phenoxy) is 6. The minimum Gasteiger partial charge on any atom is -0.379 e. The standard InChI is InChI=1S/C19H36O7S/c1-2-18(20)17-27-14-4-3-5-24-15-19-16-25-11-10-22-7-6-21-8-9-23-12-13-26-19/h19H,2-17H2,1H3. The van der Waals surface area contributed by atoms with Crippen molar-refractivity contribution in [1.82, 2.24) is 0 Å². The molecule has 0 N–H and O–H groups in total. The van der Waals surface area contributed by atoms with Gasteiger partial charge in [-0.3, -0.25) is 4.79 Å². The van der Waals surface area contributed by atoms with Crippen LogP contribution < -0.4 is 0 Å². The molecule has 7 nitrogen and oxygen atoms in total. The zero-order chi connectivity index (χ0) is 19.4. The van der Waals surface area contributed by atoms with Crippen LogP contribution in [0.15, 0.2) is 0 Å². The van der Waals surface area contributed by atoms with Crippen LogP contribution in [0.2, 0.25) is 0 Å². The Morgan fingerprint density at radius 2 is 1.56 bits per heavy atom. The van der Waals surface area contributed by atoms with E-state index in [0.717, 1.165) is 18.6 Å². The summed E-state index contributed by atoms with van der Waals surface area (Å²) in [7, 11) is 0. The van der Waals surface area contributed by atoms with Gasteiger partial charge in [0.25, 0.3) is 0 Å². The first-order valence-corrected chi connectivity index (χ1v) is 11.1. The quantitative estimate of drug-likeness (QED) is 0.508.